The van der Waals surface area contributed by atoms with Crippen LogP contribution in [0.5, 0.6) is 5.75 Å². The summed E-state index contributed by atoms with van der Waals surface area (Å²) in [5, 5.41) is 9.55. The average Bonchev–Trinajstić information content (AvgIpc) is 2.25. The van der Waals surface area contributed by atoms with E-state index in [1.807, 2.05) is 27.7 Å². The molecule has 0 aliphatic heterocycles. The maximum Gasteiger partial charge on any atom is 0.179 e. The fourth-order valence-electron chi connectivity index (χ4n) is 2.31. The summed E-state index contributed by atoms with van der Waals surface area (Å²) in [6.45, 7) is 7.60. The molecule has 0 saturated carbocycles. The second-order valence-corrected chi connectivity index (χ2v) is 4.95. The molecule has 0 bridgehead atoms. The number of allylic oxidation sites excluding steroid dienone is 4. The Morgan fingerprint density at radius 3 is 1.89 bits per heavy atom. The zero-order valence-corrected chi connectivity index (χ0v) is 11.6. The molecule has 0 atom stereocenters. The van der Waals surface area contributed by atoms with Crippen LogP contribution in [0.25, 0.3) is 0 Å². The lowest BCUT2D eigenvalue weighted by atomic mass is 9.97. The molecule has 19 heavy (non-hydrogen) atoms. The third-order valence-corrected chi connectivity index (χ3v) is 3.16. The van der Waals surface area contributed by atoms with Gasteiger partial charge >= 0.3 is 0 Å². The zero-order chi connectivity index (χ0) is 14.2. The number of aliphatic imine (C=N–C) groups is 1. The smallest absolute Gasteiger partial charge is 0.179 e. The van der Waals surface area contributed by atoms with Crippen molar-refractivity contribution in [3.63, 3.8) is 0 Å². The first kappa shape index (κ1) is 13.3. The molecule has 0 heterocycles. The van der Waals surface area contributed by atoms with Crippen molar-refractivity contribution in [1.82, 2.24) is 0 Å². The summed E-state index contributed by atoms with van der Waals surface area (Å²) in [5.74, 6) is 0.255. The van der Waals surface area contributed by atoms with Crippen LogP contribution in [-0.4, -0.2) is 16.6 Å². The highest BCUT2D eigenvalue weighted by Crippen LogP contribution is 2.30. The van der Waals surface area contributed by atoms with Crippen LogP contribution in [0.1, 0.15) is 25.0 Å². The topological polar surface area (TPSA) is 49.7 Å². The van der Waals surface area contributed by atoms with Gasteiger partial charge in [-0.15, -0.1) is 0 Å². The van der Waals surface area contributed by atoms with Gasteiger partial charge in [0.2, 0.25) is 0 Å². The molecular formula is C16H17NO2. The number of hydrogen-bond donors (Lipinski definition) is 1. The average molecular weight is 255 g/mol. The Bertz CT molecular complexity index is 602. The van der Waals surface area contributed by atoms with Crippen LogP contribution in [0, 0.1) is 13.8 Å². The van der Waals surface area contributed by atoms with Crippen LogP contribution in [0.3, 0.4) is 0 Å². The number of carbonyl (C=O) groups is 1. The highest BCUT2D eigenvalue weighted by atomic mass is 16.3. The molecule has 0 amide bonds. The maximum absolute atomic E-state index is 11.4. The molecule has 1 aromatic carbocycles. The maximum atomic E-state index is 11.4. The van der Waals surface area contributed by atoms with E-state index in [1.165, 1.54) is 0 Å². The number of nitrogens with zero attached hydrogens (tertiary/aromatic N) is 1. The number of phenols is 1. The van der Waals surface area contributed by atoms with Crippen LogP contribution in [0.15, 0.2) is 40.4 Å². The highest BCUT2D eigenvalue weighted by Gasteiger charge is 2.14. The third-order valence-electron chi connectivity index (χ3n) is 3.16. The van der Waals surface area contributed by atoms with Crippen molar-refractivity contribution in [3.8, 4) is 5.75 Å². The molecule has 0 spiro atoms. The largest absolute Gasteiger partial charge is 0.508 e. The molecule has 1 aliphatic carbocycles. The first-order valence-electron chi connectivity index (χ1n) is 6.18. The van der Waals surface area contributed by atoms with Crippen molar-refractivity contribution < 1.29 is 9.90 Å². The Morgan fingerprint density at radius 2 is 1.42 bits per heavy atom. The Hall–Kier alpha value is -2.16. The van der Waals surface area contributed by atoms with E-state index >= 15 is 0 Å². The summed E-state index contributed by atoms with van der Waals surface area (Å²) in [6.07, 6.45) is 3.19. The summed E-state index contributed by atoms with van der Waals surface area (Å²) < 4.78 is 0. The number of aryl methyl sites for hydroxylation is 2. The van der Waals surface area contributed by atoms with Crippen LogP contribution in [0.4, 0.5) is 5.69 Å². The molecule has 1 aromatic rings. The van der Waals surface area contributed by atoms with Crippen LogP contribution < -0.4 is 0 Å². The second-order valence-electron chi connectivity index (χ2n) is 4.95. The summed E-state index contributed by atoms with van der Waals surface area (Å²) in [6, 6.07) is 3.39. The van der Waals surface area contributed by atoms with Gasteiger partial charge in [-0.1, -0.05) is 0 Å². The monoisotopic (exact) mass is 255 g/mol. The van der Waals surface area contributed by atoms with Crippen molar-refractivity contribution in [2.24, 2.45) is 4.99 Å². The van der Waals surface area contributed by atoms with Gasteiger partial charge in [-0.25, -0.2) is 4.99 Å². The van der Waals surface area contributed by atoms with Crippen molar-refractivity contribution in [2.45, 2.75) is 27.7 Å². The molecule has 1 aliphatic rings. The molecule has 3 heteroatoms. The minimum absolute atomic E-state index is 0.00750. The molecule has 3 nitrogen and oxygen atoms in total. The van der Waals surface area contributed by atoms with E-state index in [9.17, 15) is 9.90 Å². The molecule has 2 rings (SSSR count). The van der Waals surface area contributed by atoms with Crippen molar-refractivity contribution >= 4 is 17.2 Å². The zero-order valence-electron chi connectivity index (χ0n) is 11.6. The molecule has 0 fully saturated rings. The number of carbonyl (C=O) groups excluding carboxylic acids is 1. The fourth-order valence-corrected chi connectivity index (χ4v) is 2.31. The Labute approximate surface area is 113 Å². The quantitative estimate of drug-likeness (QED) is 0.780. The van der Waals surface area contributed by atoms with Gasteiger partial charge < -0.3 is 5.11 Å². The molecule has 0 unspecified atom stereocenters. The third kappa shape index (κ3) is 2.65. The normalized spacial score (nSPS) is 15.2. The minimum Gasteiger partial charge on any atom is -0.508 e. The summed E-state index contributed by atoms with van der Waals surface area (Å²) in [4.78, 5) is 16.1. The van der Waals surface area contributed by atoms with E-state index in [0.29, 0.717) is 0 Å². The van der Waals surface area contributed by atoms with Gasteiger partial charge in [0.05, 0.1) is 11.4 Å². The summed E-state index contributed by atoms with van der Waals surface area (Å²) in [5.41, 5.74) is 5.26. The Balaban J connectivity index is 2.56. The van der Waals surface area contributed by atoms with Crippen LogP contribution in [0.2, 0.25) is 0 Å². The Morgan fingerprint density at radius 1 is 0.947 bits per heavy atom. The molecular weight excluding hydrogens is 238 g/mol. The molecule has 0 radical (unpaired) electrons. The molecule has 98 valence electrons. The standard InChI is InChI=1S/C16H17NO2/c1-9-5-13(18)6-10(2)15(9)17-16-11(3)7-14(19)8-12(16)4/h5-8,18H,1-4H3. The molecule has 0 saturated heterocycles. The Kier molecular flexibility index (Phi) is 3.38. The van der Waals surface area contributed by atoms with Gasteiger partial charge in [0, 0.05) is 0 Å². The predicted molar refractivity (Wildman–Crippen MR) is 77.2 cm³/mol. The minimum atomic E-state index is 0.00750. The van der Waals surface area contributed by atoms with Gasteiger partial charge in [0.25, 0.3) is 0 Å². The lowest BCUT2D eigenvalue weighted by molar-refractivity contribution is -0.110. The molecule has 1 N–H and O–H groups in total. The van der Waals surface area contributed by atoms with Crippen molar-refractivity contribution in [1.29, 1.82) is 0 Å². The van der Waals surface area contributed by atoms with Gasteiger partial charge in [0.1, 0.15) is 5.75 Å². The summed E-state index contributed by atoms with van der Waals surface area (Å²) in [7, 11) is 0. The van der Waals surface area contributed by atoms with Gasteiger partial charge in [-0.05, 0) is 74.3 Å². The first-order chi connectivity index (χ1) is 8.88. The van der Waals surface area contributed by atoms with Crippen LogP contribution in [-0.2, 0) is 4.79 Å². The number of aromatic hydroxyl groups is 1. The number of rotatable bonds is 1. The fraction of sp³-hybridized carbons (Fsp3) is 0.250. The van der Waals surface area contributed by atoms with E-state index in [0.717, 1.165) is 33.7 Å². The van der Waals surface area contributed by atoms with Gasteiger partial charge in [0.15, 0.2) is 5.78 Å². The van der Waals surface area contributed by atoms with E-state index < -0.39 is 0 Å². The number of hydrogen-bond acceptors (Lipinski definition) is 3. The van der Waals surface area contributed by atoms with Gasteiger partial charge in [-0.2, -0.15) is 0 Å². The predicted octanol–water partition coefficient (Wildman–Crippen LogP) is 3.56. The SMILES string of the molecule is CC1=CC(=O)C=C(C)C1=Nc1c(C)cc(O)cc1C. The lowest BCUT2D eigenvalue weighted by Gasteiger charge is -2.14. The van der Waals surface area contributed by atoms with E-state index in [4.69, 9.17) is 0 Å². The van der Waals surface area contributed by atoms with Crippen LogP contribution >= 0.6 is 0 Å². The van der Waals surface area contributed by atoms with Crippen molar-refractivity contribution in [3.05, 3.63) is 46.6 Å². The second kappa shape index (κ2) is 4.84. The van der Waals surface area contributed by atoms with E-state index in [2.05, 4.69) is 4.99 Å². The molecule has 0 aromatic heterocycles. The number of ketones is 1. The van der Waals surface area contributed by atoms with Crippen molar-refractivity contribution in [2.75, 3.05) is 0 Å². The first-order valence-corrected chi connectivity index (χ1v) is 6.18. The highest BCUT2D eigenvalue weighted by molar-refractivity contribution is 6.22. The lowest BCUT2D eigenvalue weighted by Crippen LogP contribution is -2.10. The number of benzene rings is 1. The van der Waals surface area contributed by atoms with E-state index in [1.54, 1.807) is 24.3 Å². The van der Waals surface area contributed by atoms with E-state index in [-0.39, 0.29) is 11.5 Å². The number of phenolic OH excluding ortho intramolecular Hbond substituents is 1. The summed E-state index contributed by atoms with van der Waals surface area (Å²) >= 11 is 0. The van der Waals surface area contributed by atoms with Gasteiger partial charge in [-0.3, -0.25) is 4.79 Å².